The number of para-hydroxylation sites is 1. The number of carboxylic acids is 1. The Hall–Kier alpha value is -1.88. The first kappa shape index (κ1) is 14.1. The lowest BCUT2D eigenvalue weighted by Gasteiger charge is -2.20. The van der Waals surface area contributed by atoms with Gasteiger partial charge in [-0.25, -0.2) is 4.39 Å². The molecular weight excluding hydrogens is 337 g/mol. The smallest absolute Gasteiger partial charge is 0.312 e. The number of fused-ring (bicyclic) bond motifs is 1. The van der Waals surface area contributed by atoms with Crippen molar-refractivity contribution < 1.29 is 14.3 Å². The monoisotopic (exact) mass is 349 g/mol. The van der Waals surface area contributed by atoms with E-state index in [2.05, 4.69) is 15.9 Å². The van der Waals surface area contributed by atoms with Crippen LogP contribution in [-0.4, -0.2) is 17.6 Å². The van der Waals surface area contributed by atoms with Gasteiger partial charge >= 0.3 is 5.97 Å². The molecule has 1 aliphatic heterocycles. The zero-order valence-corrected chi connectivity index (χ0v) is 12.7. The van der Waals surface area contributed by atoms with Gasteiger partial charge in [0.15, 0.2) is 0 Å². The van der Waals surface area contributed by atoms with Gasteiger partial charge < -0.3 is 10.0 Å². The highest BCUT2D eigenvalue weighted by Crippen LogP contribution is 2.37. The molecule has 0 spiro atoms. The first-order valence-electron chi connectivity index (χ1n) is 6.57. The van der Waals surface area contributed by atoms with Gasteiger partial charge in [0.25, 0.3) is 0 Å². The van der Waals surface area contributed by atoms with Crippen LogP contribution < -0.4 is 4.90 Å². The Morgan fingerprint density at radius 3 is 2.81 bits per heavy atom. The Kier molecular flexibility index (Phi) is 3.68. The van der Waals surface area contributed by atoms with E-state index in [1.54, 1.807) is 12.1 Å². The lowest BCUT2D eigenvalue weighted by Crippen LogP contribution is -2.24. The van der Waals surface area contributed by atoms with E-state index >= 15 is 0 Å². The summed E-state index contributed by atoms with van der Waals surface area (Å²) in [4.78, 5) is 13.3. The summed E-state index contributed by atoms with van der Waals surface area (Å²) in [6.45, 7) is 0.726. The van der Waals surface area contributed by atoms with Crippen LogP contribution in [-0.2, 0) is 11.3 Å². The highest BCUT2D eigenvalue weighted by Gasteiger charge is 2.33. The van der Waals surface area contributed by atoms with E-state index in [0.717, 1.165) is 11.3 Å². The number of nitrogens with zero attached hydrogens (tertiary/aromatic N) is 1. The van der Waals surface area contributed by atoms with E-state index in [-0.39, 0.29) is 5.82 Å². The van der Waals surface area contributed by atoms with Crippen LogP contribution in [0.25, 0.3) is 0 Å². The SMILES string of the molecule is O=C(O)C1CN(Cc2ccc(Br)cc2F)c2ccccc21. The first-order valence-corrected chi connectivity index (χ1v) is 7.36. The van der Waals surface area contributed by atoms with Gasteiger partial charge in [0.05, 0.1) is 0 Å². The van der Waals surface area contributed by atoms with Crippen molar-refractivity contribution in [2.24, 2.45) is 0 Å². The van der Waals surface area contributed by atoms with Crippen LogP contribution >= 0.6 is 15.9 Å². The number of carbonyl (C=O) groups is 1. The summed E-state index contributed by atoms with van der Waals surface area (Å²) in [5.74, 6) is -1.69. The van der Waals surface area contributed by atoms with E-state index in [4.69, 9.17) is 0 Å². The molecule has 3 rings (SSSR count). The number of rotatable bonds is 3. The van der Waals surface area contributed by atoms with E-state index in [1.165, 1.54) is 6.07 Å². The zero-order chi connectivity index (χ0) is 15.0. The van der Waals surface area contributed by atoms with Crippen molar-refractivity contribution in [1.29, 1.82) is 0 Å². The molecule has 3 nitrogen and oxygen atoms in total. The third-order valence-electron chi connectivity index (χ3n) is 3.73. The second kappa shape index (κ2) is 5.48. The molecule has 0 radical (unpaired) electrons. The summed E-state index contributed by atoms with van der Waals surface area (Å²) < 4.78 is 14.7. The number of benzene rings is 2. The maximum atomic E-state index is 14.0. The van der Waals surface area contributed by atoms with Crippen molar-refractivity contribution in [3.05, 3.63) is 63.9 Å². The van der Waals surface area contributed by atoms with Crippen molar-refractivity contribution in [2.75, 3.05) is 11.4 Å². The fourth-order valence-corrected chi connectivity index (χ4v) is 3.04. The fourth-order valence-electron chi connectivity index (χ4n) is 2.70. The van der Waals surface area contributed by atoms with Gasteiger partial charge in [-0.05, 0) is 23.8 Å². The molecule has 1 atom stereocenters. The predicted molar refractivity (Wildman–Crippen MR) is 82.0 cm³/mol. The van der Waals surface area contributed by atoms with Gasteiger partial charge in [0.2, 0.25) is 0 Å². The van der Waals surface area contributed by atoms with Gasteiger partial charge in [-0.15, -0.1) is 0 Å². The van der Waals surface area contributed by atoms with Gasteiger partial charge in [-0.3, -0.25) is 4.79 Å². The van der Waals surface area contributed by atoms with Gasteiger partial charge in [0, 0.05) is 28.8 Å². The zero-order valence-electron chi connectivity index (χ0n) is 11.1. The number of carboxylic acid groups (broad SMARTS) is 1. The van der Waals surface area contributed by atoms with Crippen LogP contribution in [0.3, 0.4) is 0 Å². The van der Waals surface area contributed by atoms with Crippen molar-refractivity contribution >= 4 is 27.6 Å². The molecule has 0 bridgehead atoms. The molecule has 1 N–H and O–H groups in total. The predicted octanol–water partition coefficient (Wildman–Crippen LogP) is 3.78. The van der Waals surface area contributed by atoms with Crippen LogP contribution in [0.2, 0.25) is 0 Å². The molecule has 0 amide bonds. The standard InChI is InChI=1S/C16H13BrFNO2/c17-11-6-5-10(14(18)7-11)8-19-9-13(16(20)21)12-3-1-2-4-15(12)19/h1-7,13H,8-9H2,(H,20,21). The summed E-state index contributed by atoms with van der Waals surface area (Å²) in [6, 6.07) is 12.3. The first-order chi connectivity index (χ1) is 10.1. The van der Waals surface area contributed by atoms with Crippen LogP contribution in [0, 0.1) is 5.82 Å². The summed E-state index contributed by atoms with van der Waals surface area (Å²) in [6.07, 6.45) is 0. The number of hydrogen-bond acceptors (Lipinski definition) is 2. The molecule has 0 fully saturated rings. The highest BCUT2D eigenvalue weighted by atomic mass is 79.9. The van der Waals surface area contributed by atoms with E-state index in [9.17, 15) is 14.3 Å². The molecule has 0 saturated heterocycles. The third-order valence-corrected chi connectivity index (χ3v) is 4.22. The lowest BCUT2D eigenvalue weighted by atomic mass is 10.0. The molecule has 108 valence electrons. The molecule has 5 heteroatoms. The van der Waals surface area contributed by atoms with Crippen molar-refractivity contribution in [3.63, 3.8) is 0 Å². The maximum Gasteiger partial charge on any atom is 0.312 e. The minimum Gasteiger partial charge on any atom is -0.481 e. The molecule has 2 aromatic carbocycles. The van der Waals surface area contributed by atoms with Crippen LogP contribution in [0.4, 0.5) is 10.1 Å². The van der Waals surface area contributed by atoms with Crippen molar-refractivity contribution in [2.45, 2.75) is 12.5 Å². The Bertz CT molecular complexity index is 704. The molecule has 0 aliphatic carbocycles. The Morgan fingerprint density at radius 1 is 1.33 bits per heavy atom. The fraction of sp³-hybridized carbons (Fsp3) is 0.188. The number of aliphatic carboxylic acids is 1. The second-order valence-corrected chi connectivity index (χ2v) is 5.98. The van der Waals surface area contributed by atoms with Crippen LogP contribution in [0.1, 0.15) is 17.0 Å². The molecular formula is C16H13BrFNO2. The minimum absolute atomic E-state index is 0.291. The minimum atomic E-state index is -0.846. The van der Waals surface area contributed by atoms with Crippen LogP contribution in [0.15, 0.2) is 46.9 Å². The maximum absolute atomic E-state index is 14.0. The lowest BCUT2D eigenvalue weighted by molar-refractivity contribution is -0.138. The summed E-state index contributed by atoms with van der Waals surface area (Å²) in [7, 11) is 0. The highest BCUT2D eigenvalue weighted by molar-refractivity contribution is 9.10. The van der Waals surface area contributed by atoms with Gasteiger partial charge in [-0.2, -0.15) is 0 Å². The average molecular weight is 350 g/mol. The van der Waals surface area contributed by atoms with Crippen molar-refractivity contribution in [1.82, 2.24) is 0 Å². The molecule has 21 heavy (non-hydrogen) atoms. The Labute approximate surface area is 130 Å². The van der Waals surface area contributed by atoms with E-state index in [0.29, 0.717) is 23.1 Å². The molecule has 1 heterocycles. The number of halogens is 2. The summed E-state index contributed by atoms with van der Waals surface area (Å²) >= 11 is 3.23. The summed E-state index contributed by atoms with van der Waals surface area (Å²) in [5, 5.41) is 9.33. The molecule has 2 aromatic rings. The second-order valence-electron chi connectivity index (χ2n) is 5.07. The molecule has 1 aliphatic rings. The quantitative estimate of drug-likeness (QED) is 0.916. The normalized spacial score (nSPS) is 16.9. The summed E-state index contributed by atoms with van der Waals surface area (Å²) in [5.41, 5.74) is 2.22. The molecule has 0 saturated carbocycles. The largest absolute Gasteiger partial charge is 0.481 e. The van der Waals surface area contributed by atoms with E-state index in [1.807, 2.05) is 29.2 Å². The van der Waals surface area contributed by atoms with E-state index < -0.39 is 11.9 Å². The Morgan fingerprint density at radius 2 is 2.10 bits per heavy atom. The topological polar surface area (TPSA) is 40.5 Å². The van der Waals surface area contributed by atoms with Crippen molar-refractivity contribution in [3.8, 4) is 0 Å². The number of hydrogen-bond donors (Lipinski definition) is 1. The van der Waals surface area contributed by atoms with Gasteiger partial charge in [-0.1, -0.05) is 40.2 Å². The van der Waals surface area contributed by atoms with Crippen LogP contribution in [0.5, 0.6) is 0 Å². The Balaban J connectivity index is 1.92. The third kappa shape index (κ3) is 2.65. The average Bonchev–Trinajstić information content (AvgIpc) is 2.81. The number of anilines is 1. The molecule has 1 unspecified atom stereocenters. The van der Waals surface area contributed by atoms with Gasteiger partial charge in [0.1, 0.15) is 11.7 Å². The molecule has 0 aromatic heterocycles.